The van der Waals surface area contributed by atoms with E-state index in [0.29, 0.717) is 24.8 Å². The summed E-state index contributed by atoms with van der Waals surface area (Å²) < 4.78 is 1.11. The van der Waals surface area contributed by atoms with E-state index in [1.165, 1.54) is 5.06 Å². The van der Waals surface area contributed by atoms with Crippen LogP contribution in [-0.2, 0) is 19.2 Å². The Kier molecular flexibility index (Phi) is 10.4. The highest BCUT2D eigenvalue weighted by molar-refractivity contribution is 14.1. The number of carbonyl (C=O) groups excluding carboxylic acids is 3. The minimum absolute atomic E-state index is 0.0103. The van der Waals surface area contributed by atoms with Crippen molar-refractivity contribution in [1.82, 2.24) is 20.6 Å². The Morgan fingerprint density at radius 3 is 2.53 bits per heavy atom. The Morgan fingerprint density at radius 1 is 1.12 bits per heavy atom. The van der Waals surface area contributed by atoms with E-state index in [1.54, 1.807) is 0 Å². The van der Waals surface area contributed by atoms with Gasteiger partial charge in [-0.1, -0.05) is 86.7 Å². The van der Waals surface area contributed by atoms with E-state index in [-0.39, 0.29) is 65.0 Å². The van der Waals surface area contributed by atoms with E-state index in [9.17, 15) is 14.4 Å². The van der Waals surface area contributed by atoms with Crippen LogP contribution in [0, 0.1) is 35.0 Å². The molecule has 5 aliphatic rings. The smallest absolute Gasteiger partial charge is 0.269 e. The Balaban J connectivity index is 1.21. The summed E-state index contributed by atoms with van der Waals surface area (Å²) in [5, 5.41) is 8.15. The number of allylic oxidation sites excluding steroid dienone is 4. The van der Waals surface area contributed by atoms with Gasteiger partial charge in [0.25, 0.3) is 5.91 Å². The van der Waals surface area contributed by atoms with Crippen molar-refractivity contribution < 1.29 is 19.2 Å². The first kappa shape index (κ1) is 32.7. The molecular formula is C34H51IN4O4. The minimum atomic E-state index is -0.656. The third-order valence-electron chi connectivity index (χ3n) is 11.1. The quantitative estimate of drug-likeness (QED) is 0.154. The van der Waals surface area contributed by atoms with Crippen LogP contribution < -0.4 is 10.6 Å². The van der Waals surface area contributed by atoms with Gasteiger partial charge < -0.3 is 15.5 Å². The summed E-state index contributed by atoms with van der Waals surface area (Å²) in [5.41, 5.74) is 0.0103. The highest BCUT2D eigenvalue weighted by atomic mass is 127. The summed E-state index contributed by atoms with van der Waals surface area (Å²) in [5.74, 6) is 0.451. The van der Waals surface area contributed by atoms with Gasteiger partial charge in [-0.15, -0.1) is 0 Å². The van der Waals surface area contributed by atoms with Crippen molar-refractivity contribution in [2.45, 2.75) is 103 Å². The third-order valence-corrected chi connectivity index (χ3v) is 11.7. The highest BCUT2D eigenvalue weighted by Gasteiger charge is 2.71. The number of amides is 3. The van der Waals surface area contributed by atoms with Crippen molar-refractivity contribution >= 4 is 40.3 Å². The maximum atomic E-state index is 13.8. The van der Waals surface area contributed by atoms with E-state index in [2.05, 4.69) is 72.2 Å². The largest absolute Gasteiger partial charge is 0.344 e. The lowest BCUT2D eigenvalue weighted by molar-refractivity contribution is -0.187. The maximum absolute atomic E-state index is 13.8. The molecule has 43 heavy (non-hydrogen) atoms. The van der Waals surface area contributed by atoms with Gasteiger partial charge in [0.2, 0.25) is 11.8 Å². The van der Waals surface area contributed by atoms with E-state index >= 15 is 0 Å². The van der Waals surface area contributed by atoms with E-state index in [1.807, 2.05) is 37.1 Å². The molecule has 5 rings (SSSR count). The van der Waals surface area contributed by atoms with Gasteiger partial charge in [-0.3, -0.25) is 19.2 Å². The zero-order valence-corrected chi connectivity index (χ0v) is 28.7. The molecule has 0 aromatic heterocycles. The van der Waals surface area contributed by atoms with Crippen molar-refractivity contribution in [3.63, 3.8) is 0 Å². The second-order valence-corrected chi connectivity index (χ2v) is 15.0. The van der Waals surface area contributed by atoms with Crippen LogP contribution >= 0.6 is 22.6 Å². The van der Waals surface area contributed by atoms with Gasteiger partial charge in [-0.05, 0) is 73.7 Å². The monoisotopic (exact) mass is 706 g/mol. The Hall–Kier alpha value is -1.72. The van der Waals surface area contributed by atoms with Crippen molar-refractivity contribution in [1.29, 1.82) is 0 Å². The lowest BCUT2D eigenvalue weighted by Crippen LogP contribution is -2.54. The number of hydrogen-bond acceptors (Lipinski definition) is 5. The molecule has 0 radical (unpaired) electrons. The molecule has 0 aromatic rings. The van der Waals surface area contributed by atoms with Gasteiger partial charge in [0.05, 0.1) is 12.1 Å². The zero-order valence-electron chi connectivity index (χ0n) is 26.5. The number of hydrogen-bond donors (Lipinski definition) is 2. The average molecular weight is 707 g/mol. The molecular weight excluding hydrogens is 655 g/mol. The summed E-state index contributed by atoms with van der Waals surface area (Å²) in [7, 11) is 2.00. The van der Waals surface area contributed by atoms with E-state index < -0.39 is 6.04 Å². The number of nitrogens with zero attached hydrogens (tertiary/aromatic N) is 2. The van der Waals surface area contributed by atoms with Crippen LogP contribution in [0.15, 0.2) is 36.5 Å². The topological polar surface area (TPSA) is 91.0 Å². The van der Waals surface area contributed by atoms with Gasteiger partial charge in [0, 0.05) is 36.4 Å². The molecule has 1 saturated carbocycles. The summed E-state index contributed by atoms with van der Waals surface area (Å²) in [6.45, 7) is 9.23. The number of rotatable bonds is 14. The molecule has 0 bridgehead atoms. The molecule has 11 atom stereocenters. The normalized spacial score (nSPS) is 32.7. The predicted octanol–water partition coefficient (Wildman–Crippen LogP) is 4.80. The van der Waals surface area contributed by atoms with Gasteiger partial charge in [0.15, 0.2) is 0 Å². The van der Waals surface area contributed by atoms with Crippen LogP contribution in [0.25, 0.3) is 0 Å². The average Bonchev–Trinajstić information content (AvgIpc) is 3.44. The van der Waals surface area contributed by atoms with E-state index in [4.69, 9.17) is 4.84 Å². The first-order valence-electron chi connectivity index (χ1n) is 16.5. The SMILES string of the molecule is CN[C@H]([C@H](C)CC(=O)N1CCCC1[C@H](C)[C@@H](C)C(=O)N[C@@H](CC1C=CC=CC1)C(=O)N1OC2CC23C=CC13)[C@@H](C)CCI. The second-order valence-electron chi connectivity index (χ2n) is 13.9. The molecule has 5 unspecified atom stereocenters. The standard InChI is InChI=1S/C34H51IN4O4/c1-21(14-16-35)31(36-5)22(2)18-30(40)38-17-9-12-27(38)23(3)24(4)32(41)37-26(19-25-10-7-6-8-11-25)33(42)39-28-13-15-34(28)20-29(34)43-39/h6-8,10,13,15,21-29,31,36H,9,11-12,14,16-20H2,1-5H3,(H,37,41)/t21-,22+,23+,24+,25?,26-,27?,28?,29?,31-,34?/m0/s1. The van der Waals surface area contributed by atoms with Crippen LogP contribution in [0.1, 0.15) is 72.6 Å². The van der Waals surface area contributed by atoms with Crippen LogP contribution in [0.3, 0.4) is 0 Å². The zero-order chi connectivity index (χ0) is 30.9. The first-order chi connectivity index (χ1) is 20.6. The molecule has 9 heteroatoms. The highest BCUT2D eigenvalue weighted by Crippen LogP contribution is 2.64. The number of alkyl halides is 1. The van der Waals surface area contributed by atoms with Crippen molar-refractivity contribution in [3.8, 4) is 0 Å². The molecule has 2 aliphatic heterocycles. The number of hydroxylamine groups is 2. The number of nitrogens with one attached hydrogen (secondary N) is 2. The van der Waals surface area contributed by atoms with Crippen molar-refractivity contribution in [2.24, 2.45) is 35.0 Å². The molecule has 2 heterocycles. The Bertz CT molecular complexity index is 1140. The molecule has 3 fully saturated rings. The van der Waals surface area contributed by atoms with Gasteiger partial charge in [-0.25, -0.2) is 5.06 Å². The fourth-order valence-electron chi connectivity index (χ4n) is 8.01. The van der Waals surface area contributed by atoms with Crippen LogP contribution in [-0.4, -0.2) is 76.0 Å². The van der Waals surface area contributed by atoms with Gasteiger partial charge in [-0.2, -0.15) is 0 Å². The molecule has 8 nitrogen and oxygen atoms in total. The fourth-order valence-corrected chi connectivity index (χ4v) is 8.99. The van der Waals surface area contributed by atoms with Crippen LogP contribution in [0.4, 0.5) is 0 Å². The molecule has 3 aliphatic carbocycles. The second kappa shape index (κ2) is 13.7. The molecule has 3 amide bonds. The predicted molar refractivity (Wildman–Crippen MR) is 177 cm³/mol. The Morgan fingerprint density at radius 2 is 1.91 bits per heavy atom. The Labute approximate surface area is 271 Å². The van der Waals surface area contributed by atoms with Crippen LogP contribution in [0.2, 0.25) is 0 Å². The maximum Gasteiger partial charge on any atom is 0.269 e. The fraction of sp³-hybridized carbons (Fsp3) is 0.735. The number of likely N-dealkylation sites (tertiary alicyclic amines) is 1. The molecule has 238 valence electrons. The lowest BCUT2D eigenvalue weighted by atomic mass is 9.84. The van der Waals surface area contributed by atoms with Crippen molar-refractivity contribution in [3.05, 3.63) is 36.5 Å². The molecule has 1 spiro atoms. The molecule has 2 saturated heterocycles. The van der Waals surface area contributed by atoms with Crippen LogP contribution in [0.5, 0.6) is 0 Å². The summed E-state index contributed by atoms with van der Waals surface area (Å²) in [6, 6.07) is -0.358. The van der Waals surface area contributed by atoms with E-state index in [0.717, 1.165) is 43.1 Å². The third kappa shape index (κ3) is 6.64. The summed E-state index contributed by atoms with van der Waals surface area (Å²) in [6.07, 6.45) is 18.4. The first-order valence-corrected chi connectivity index (χ1v) is 18.0. The number of carbonyl (C=O) groups is 3. The lowest BCUT2D eigenvalue weighted by Gasteiger charge is -2.36. The summed E-state index contributed by atoms with van der Waals surface area (Å²) >= 11 is 2.42. The minimum Gasteiger partial charge on any atom is -0.344 e. The molecule has 0 aromatic carbocycles. The molecule has 2 N–H and O–H groups in total. The number of halogens is 1. The van der Waals surface area contributed by atoms with Crippen molar-refractivity contribution in [2.75, 3.05) is 18.0 Å². The van der Waals surface area contributed by atoms with Gasteiger partial charge >= 0.3 is 0 Å². The van der Waals surface area contributed by atoms with Gasteiger partial charge in [0.1, 0.15) is 6.04 Å². The summed E-state index contributed by atoms with van der Waals surface area (Å²) in [4.78, 5) is 49.3.